The first kappa shape index (κ1) is 20.3. The molecule has 7 nitrogen and oxygen atoms in total. The van der Waals surface area contributed by atoms with Gasteiger partial charge in [0.15, 0.2) is 6.29 Å². The summed E-state index contributed by atoms with van der Waals surface area (Å²) in [5.41, 5.74) is 8.32. The molecule has 2 aromatic carbocycles. The number of aromatic nitrogens is 3. The predicted octanol–water partition coefficient (Wildman–Crippen LogP) is 5.23. The van der Waals surface area contributed by atoms with Crippen molar-refractivity contribution < 1.29 is 14.4 Å². The first-order valence-corrected chi connectivity index (χ1v) is 11.7. The van der Waals surface area contributed by atoms with Crippen LogP contribution in [0.15, 0.2) is 48.7 Å². The Labute approximate surface area is 191 Å². The highest BCUT2D eigenvalue weighted by atomic mass is 16.8. The first-order valence-electron chi connectivity index (χ1n) is 11.7. The number of fused-ring (bicyclic) bond motifs is 3. The second-order valence-electron chi connectivity index (χ2n) is 8.94. The van der Waals surface area contributed by atoms with Gasteiger partial charge in [0, 0.05) is 34.9 Å². The SMILES string of the molecule is O=C(NOC1CCCCO1)c1ccc(-c2cc(C3CCC3)c3c(ccc4[nH]ncc43)n2)cc1. The second kappa shape index (κ2) is 8.57. The van der Waals surface area contributed by atoms with Gasteiger partial charge in [-0.25, -0.2) is 15.3 Å². The standard InChI is InChI=1S/C26H26N4O3/c31-26(30-33-24-6-1-2-13-32-24)18-9-7-17(8-10-18)23-14-19(16-4-3-5-16)25-20-15-27-29-21(20)11-12-22(25)28-23/h7-12,14-16,24H,1-6,13H2,(H,27,29)(H,30,31). The summed E-state index contributed by atoms with van der Waals surface area (Å²) < 4.78 is 5.49. The molecule has 33 heavy (non-hydrogen) atoms. The zero-order chi connectivity index (χ0) is 22.2. The van der Waals surface area contributed by atoms with Crippen LogP contribution in [-0.4, -0.2) is 34.0 Å². The summed E-state index contributed by atoms with van der Waals surface area (Å²) in [5, 5.41) is 9.64. The molecule has 0 bridgehead atoms. The molecule has 1 saturated carbocycles. The smallest absolute Gasteiger partial charge is 0.274 e. The molecule has 1 amide bonds. The van der Waals surface area contributed by atoms with Crippen LogP contribution in [0.25, 0.3) is 33.1 Å². The molecule has 3 heterocycles. The summed E-state index contributed by atoms with van der Waals surface area (Å²) in [6, 6.07) is 13.8. The second-order valence-corrected chi connectivity index (χ2v) is 8.94. The molecule has 7 heteroatoms. The molecule has 2 aliphatic rings. The molecule has 2 N–H and O–H groups in total. The van der Waals surface area contributed by atoms with Gasteiger partial charge >= 0.3 is 0 Å². The fourth-order valence-electron chi connectivity index (χ4n) is 4.75. The van der Waals surface area contributed by atoms with Crippen LogP contribution in [-0.2, 0) is 9.57 Å². The minimum Gasteiger partial charge on any atom is -0.350 e. The fraction of sp³-hybridized carbons (Fsp3) is 0.346. The monoisotopic (exact) mass is 442 g/mol. The van der Waals surface area contributed by atoms with E-state index in [-0.39, 0.29) is 12.2 Å². The number of carbonyl (C=O) groups excluding carboxylic acids is 1. The lowest BCUT2D eigenvalue weighted by Crippen LogP contribution is -2.33. The number of hydrogen-bond donors (Lipinski definition) is 2. The molecule has 168 valence electrons. The van der Waals surface area contributed by atoms with Crippen LogP contribution < -0.4 is 5.48 Å². The Morgan fingerprint density at radius 3 is 2.70 bits per heavy atom. The lowest BCUT2D eigenvalue weighted by Gasteiger charge is -2.27. The van der Waals surface area contributed by atoms with E-state index in [0.717, 1.165) is 46.9 Å². The van der Waals surface area contributed by atoms with Crippen molar-refractivity contribution in [2.24, 2.45) is 0 Å². The van der Waals surface area contributed by atoms with E-state index in [1.807, 2.05) is 36.5 Å². The van der Waals surface area contributed by atoms with E-state index < -0.39 is 0 Å². The Bertz CT molecular complexity index is 1300. The highest BCUT2D eigenvalue weighted by Gasteiger charge is 2.24. The number of carbonyl (C=O) groups is 1. The zero-order valence-electron chi connectivity index (χ0n) is 18.3. The lowest BCUT2D eigenvalue weighted by molar-refractivity contribution is -0.186. The van der Waals surface area contributed by atoms with Crippen LogP contribution in [0.4, 0.5) is 0 Å². The molecule has 0 radical (unpaired) electrons. The average Bonchev–Trinajstić information content (AvgIpc) is 3.31. The van der Waals surface area contributed by atoms with Crippen molar-refractivity contribution in [1.82, 2.24) is 20.7 Å². The van der Waals surface area contributed by atoms with E-state index in [0.29, 0.717) is 18.1 Å². The number of hydroxylamine groups is 1. The molecule has 1 aliphatic heterocycles. The number of rotatable bonds is 5. The maximum Gasteiger partial charge on any atom is 0.274 e. The Kier molecular flexibility index (Phi) is 5.28. The van der Waals surface area contributed by atoms with Gasteiger partial charge in [-0.2, -0.15) is 5.10 Å². The molecule has 6 rings (SSSR count). The molecule has 2 fully saturated rings. The van der Waals surface area contributed by atoms with Crippen molar-refractivity contribution in [3.63, 3.8) is 0 Å². The number of pyridine rings is 1. The molecule has 1 saturated heterocycles. The normalized spacial score (nSPS) is 19.0. The number of H-pyrrole nitrogens is 1. The molecule has 0 spiro atoms. The van der Waals surface area contributed by atoms with Crippen LogP contribution in [0, 0.1) is 0 Å². The highest BCUT2D eigenvalue weighted by molar-refractivity contribution is 6.07. The minimum atomic E-state index is -0.365. The Balaban J connectivity index is 1.28. The minimum absolute atomic E-state index is 0.278. The maximum absolute atomic E-state index is 12.5. The molecular weight excluding hydrogens is 416 g/mol. The number of aromatic amines is 1. The summed E-state index contributed by atoms with van der Waals surface area (Å²) in [5.74, 6) is 0.277. The number of nitrogens with one attached hydrogen (secondary N) is 2. The van der Waals surface area contributed by atoms with Gasteiger partial charge in [0.05, 0.1) is 22.9 Å². The molecule has 1 unspecified atom stereocenters. The Morgan fingerprint density at radius 1 is 1.06 bits per heavy atom. The average molecular weight is 443 g/mol. The number of nitrogens with zero attached hydrogens (tertiary/aromatic N) is 2. The van der Waals surface area contributed by atoms with Crippen molar-refractivity contribution in [2.45, 2.75) is 50.7 Å². The summed E-state index contributed by atoms with van der Waals surface area (Å²) in [7, 11) is 0. The van der Waals surface area contributed by atoms with E-state index in [2.05, 4.69) is 27.8 Å². The number of hydrogen-bond acceptors (Lipinski definition) is 5. The van der Waals surface area contributed by atoms with Crippen molar-refractivity contribution in [3.05, 3.63) is 59.8 Å². The van der Waals surface area contributed by atoms with Crippen molar-refractivity contribution >= 4 is 27.7 Å². The number of amides is 1. The van der Waals surface area contributed by atoms with Gasteiger partial charge < -0.3 is 4.74 Å². The third-order valence-electron chi connectivity index (χ3n) is 6.83. The fourth-order valence-corrected chi connectivity index (χ4v) is 4.75. The van der Waals surface area contributed by atoms with Gasteiger partial charge in [-0.15, -0.1) is 0 Å². The van der Waals surface area contributed by atoms with Crippen LogP contribution in [0.1, 0.15) is 60.4 Å². The molecule has 4 aromatic rings. The Morgan fingerprint density at radius 2 is 1.94 bits per heavy atom. The van der Waals surface area contributed by atoms with Crippen LogP contribution in [0.2, 0.25) is 0 Å². The van der Waals surface area contributed by atoms with E-state index in [4.69, 9.17) is 14.6 Å². The number of ether oxygens (including phenoxy) is 1. The van der Waals surface area contributed by atoms with Crippen LogP contribution in [0.5, 0.6) is 0 Å². The summed E-state index contributed by atoms with van der Waals surface area (Å²) >= 11 is 0. The first-order chi connectivity index (χ1) is 16.3. The molecular formula is C26H26N4O3. The summed E-state index contributed by atoms with van der Waals surface area (Å²) in [6.45, 7) is 0.670. The lowest BCUT2D eigenvalue weighted by atomic mass is 9.78. The van der Waals surface area contributed by atoms with Gasteiger partial charge in [0.2, 0.25) is 0 Å². The summed E-state index contributed by atoms with van der Waals surface area (Å²) in [6.07, 6.45) is 8.08. The third-order valence-corrected chi connectivity index (χ3v) is 6.83. The van der Waals surface area contributed by atoms with Crippen molar-refractivity contribution in [1.29, 1.82) is 0 Å². The van der Waals surface area contributed by atoms with Gasteiger partial charge in [0.25, 0.3) is 5.91 Å². The quantitative estimate of drug-likeness (QED) is 0.413. The van der Waals surface area contributed by atoms with Gasteiger partial charge in [-0.1, -0.05) is 18.6 Å². The van der Waals surface area contributed by atoms with E-state index in [9.17, 15) is 4.79 Å². The zero-order valence-corrected chi connectivity index (χ0v) is 18.3. The van der Waals surface area contributed by atoms with Gasteiger partial charge in [-0.05, 0) is 67.5 Å². The predicted molar refractivity (Wildman–Crippen MR) is 126 cm³/mol. The van der Waals surface area contributed by atoms with Crippen LogP contribution >= 0.6 is 0 Å². The number of benzene rings is 2. The Hall–Kier alpha value is -3.29. The van der Waals surface area contributed by atoms with Crippen molar-refractivity contribution in [3.8, 4) is 11.3 Å². The molecule has 1 aliphatic carbocycles. The van der Waals surface area contributed by atoms with E-state index >= 15 is 0 Å². The molecule has 2 aromatic heterocycles. The van der Waals surface area contributed by atoms with Crippen LogP contribution in [0.3, 0.4) is 0 Å². The third kappa shape index (κ3) is 3.87. The van der Waals surface area contributed by atoms with Gasteiger partial charge in [-0.3, -0.25) is 9.89 Å². The van der Waals surface area contributed by atoms with Crippen molar-refractivity contribution in [2.75, 3.05) is 6.61 Å². The molecule has 1 atom stereocenters. The van der Waals surface area contributed by atoms with Gasteiger partial charge in [0.1, 0.15) is 0 Å². The maximum atomic E-state index is 12.5. The highest BCUT2D eigenvalue weighted by Crippen LogP contribution is 2.42. The largest absolute Gasteiger partial charge is 0.350 e. The van der Waals surface area contributed by atoms with E-state index in [1.54, 1.807) is 0 Å². The van der Waals surface area contributed by atoms with E-state index in [1.165, 1.54) is 30.2 Å². The topological polar surface area (TPSA) is 89.1 Å². The summed E-state index contributed by atoms with van der Waals surface area (Å²) in [4.78, 5) is 22.9.